The largest absolute Gasteiger partial charge is 0.383 e. The number of pyridine rings is 1. The van der Waals surface area contributed by atoms with Crippen molar-refractivity contribution in [3.8, 4) is 11.1 Å². The van der Waals surface area contributed by atoms with Crippen LogP contribution in [0.5, 0.6) is 0 Å². The first-order valence-electron chi connectivity index (χ1n) is 9.30. The zero-order chi connectivity index (χ0) is 17.4. The van der Waals surface area contributed by atoms with Gasteiger partial charge in [0.15, 0.2) is 0 Å². The number of benzene rings is 1. The van der Waals surface area contributed by atoms with Gasteiger partial charge in [-0.05, 0) is 37.3 Å². The molecule has 1 amide bonds. The highest BCUT2D eigenvalue weighted by Gasteiger charge is 2.33. The van der Waals surface area contributed by atoms with Crippen LogP contribution in [0.4, 0.5) is 5.82 Å². The number of aryl methyl sites for hydroxylation is 1. The Labute approximate surface area is 149 Å². The van der Waals surface area contributed by atoms with Gasteiger partial charge in [-0.1, -0.05) is 49.1 Å². The second-order valence-electron chi connectivity index (χ2n) is 7.32. The SMILES string of the molecule is Cc1ccc(-c2cnc(N)c3c2CCN(C2CCCCC2)C3=O)cc1. The van der Waals surface area contributed by atoms with Gasteiger partial charge >= 0.3 is 0 Å². The fourth-order valence-electron chi connectivity index (χ4n) is 4.26. The van der Waals surface area contributed by atoms with Crippen LogP contribution in [-0.4, -0.2) is 28.4 Å². The van der Waals surface area contributed by atoms with E-state index in [1.807, 2.05) is 6.20 Å². The van der Waals surface area contributed by atoms with Crippen LogP contribution < -0.4 is 5.73 Å². The number of amides is 1. The molecule has 1 saturated carbocycles. The first-order chi connectivity index (χ1) is 12.1. The summed E-state index contributed by atoms with van der Waals surface area (Å²) in [6, 6.07) is 8.76. The minimum Gasteiger partial charge on any atom is -0.383 e. The summed E-state index contributed by atoms with van der Waals surface area (Å²) in [6.45, 7) is 2.87. The molecule has 4 nitrogen and oxygen atoms in total. The van der Waals surface area contributed by atoms with Gasteiger partial charge in [0.2, 0.25) is 0 Å². The lowest BCUT2D eigenvalue weighted by Crippen LogP contribution is -2.46. The van der Waals surface area contributed by atoms with Crippen LogP contribution in [0.15, 0.2) is 30.5 Å². The van der Waals surface area contributed by atoms with Gasteiger partial charge in [0.1, 0.15) is 5.82 Å². The van der Waals surface area contributed by atoms with Crippen LogP contribution >= 0.6 is 0 Å². The van der Waals surface area contributed by atoms with E-state index in [-0.39, 0.29) is 5.91 Å². The van der Waals surface area contributed by atoms with Crippen molar-refractivity contribution in [1.29, 1.82) is 0 Å². The predicted molar refractivity (Wildman–Crippen MR) is 100 cm³/mol. The van der Waals surface area contributed by atoms with Crippen molar-refractivity contribution >= 4 is 11.7 Å². The Morgan fingerprint density at radius 2 is 1.84 bits per heavy atom. The average molecular weight is 335 g/mol. The summed E-state index contributed by atoms with van der Waals surface area (Å²) in [4.78, 5) is 19.6. The van der Waals surface area contributed by atoms with E-state index in [0.717, 1.165) is 42.5 Å². The number of hydrogen-bond donors (Lipinski definition) is 1. The summed E-state index contributed by atoms with van der Waals surface area (Å²) in [7, 11) is 0. The van der Waals surface area contributed by atoms with Gasteiger partial charge in [-0.15, -0.1) is 0 Å². The quantitative estimate of drug-likeness (QED) is 0.903. The average Bonchev–Trinajstić information content (AvgIpc) is 2.64. The molecule has 1 aromatic heterocycles. The minimum atomic E-state index is 0.0760. The molecule has 1 aromatic carbocycles. The van der Waals surface area contributed by atoms with Gasteiger partial charge in [-0.2, -0.15) is 0 Å². The third kappa shape index (κ3) is 2.90. The number of nitrogen functional groups attached to an aromatic ring is 1. The number of carbonyl (C=O) groups excluding carboxylic acids is 1. The topological polar surface area (TPSA) is 59.2 Å². The van der Waals surface area contributed by atoms with Gasteiger partial charge in [0.25, 0.3) is 5.91 Å². The zero-order valence-corrected chi connectivity index (χ0v) is 14.8. The summed E-state index contributed by atoms with van der Waals surface area (Å²) < 4.78 is 0. The Balaban J connectivity index is 1.73. The summed E-state index contributed by atoms with van der Waals surface area (Å²) in [5.74, 6) is 0.448. The molecule has 1 aliphatic heterocycles. The van der Waals surface area contributed by atoms with Crippen molar-refractivity contribution in [2.75, 3.05) is 12.3 Å². The van der Waals surface area contributed by atoms with Crippen molar-refractivity contribution in [2.24, 2.45) is 0 Å². The number of carbonyl (C=O) groups is 1. The maximum Gasteiger partial charge on any atom is 0.258 e. The van der Waals surface area contributed by atoms with E-state index < -0.39 is 0 Å². The standard InChI is InChI=1S/C21H25N3O/c1-14-7-9-15(10-8-14)18-13-23-20(22)19-17(18)11-12-24(21(19)25)16-5-3-2-4-6-16/h7-10,13,16H,2-6,11-12H2,1H3,(H2,22,23). The van der Waals surface area contributed by atoms with Crippen LogP contribution in [0.25, 0.3) is 11.1 Å². The van der Waals surface area contributed by atoms with E-state index in [0.29, 0.717) is 17.4 Å². The Kier molecular flexibility index (Phi) is 4.20. The maximum atomic E-state index is 13.2. The number of aromatic nitrogens is 1. The van der Waals surface area contributed by atoms with E-state index in [1.165, 1.54) is 24.8 Å². The molecule has 0 spiro atoms. The molecule has 2 N–H and O–H groups in total. The summed E-state index contributed by atoms with van der Waals surface area (Å²) >= 11 is 0. The lowest BCUT2D eigenvalue weighted by Gasteiger charge is -2.38. The van der Waals surface area contributed by atoms with E-state index in [2.05, 4.69) is 41.1 Å². The molecular weight excluding hydrogens is 310 g/mol. The van der Waals surface area contributed by atoms with Gasteiger partial charge in [-0.25, -0.2) is 4.98 Å². The first-order valence-corrected chi connectivity index (χ1v) is 9.30. The lowest BCUT2D eigenvalue weighted by atomic mass is 9.88. The Morgan fingerprint density at radius 1 is 1.12 bits per heavy atom. The molecule has 130 valence electrons. The predicted octanol–water partition coefficient (Wildman–Crippen LogP) is 3.97. The second-order valence-corrected chi connectivity index (χ2v) is 7.32. The minimum absolute atomic E-state index is 0.0760. The zero-order valence-electron chi connectivity index (χ0n) is 14.8. The molecule has 25 heavy (non-hydrogen) atoms. The monoisotopic (exact) mass is 335 g/mol. The highest BCUT2D eigenvalue weighted by molar-refractivity contribution is 6.02. The number of nitrogens with zero attached hydrogens (tertiary/aromatic N) is 2. The first kappa shape index (κ1) is 16.1. The Hall–Kier alpha value is -2.36. The molecule has 2 aromatic rings. The number of anilines is 1. The van der Waals surface area contributed by atoms with E-state index in [1.54, 1.807) is 0 Å². The van der Waals surface area contributed by atoms with Gasteiger partial charge < -0.3 is 10.6 Å². The summed E-state index contributed by atoms with van der Waals surface area (Å²) in [5, 5.41) is 0. The summed E-state index contributed by atoms with van der Waals surface area (Å²) in [5.41, 5.74) is 11.2. The molecule has 0 unspecified atom stereocenters. The molecule has 0 saturated heterocycles. The van der Waals surface area contributed by atoms with Gasteiger partial charge in [0.05, 0.1) is 5.56 Å². The van der Waals surface area contributed by atoms with Crippen LogP contribution in [0, 0.1) is 6.92 Å². The summed E-state index contributed by atoms with van der Waals surface area (Å²) in [6.07, 6.45) is 8.64. The third-order valence-electron chi connectivity index (χ3n) is 5.67. The molecular formula is C21H25N3O. The van der Waals surface area contributed by atoms with Crippen LogP contribution in [0.2, 0.25) is 0 Å². The number of hydrogen-bond acceptors (Lipinski definition) is 3. The molecule has 0 radical (unpaired) electrons. The lowest BCUT2D eigenvalue weighted by molar-refractivity contribution is 0.0616. The fourth-order valence-corrected chi connectivity index (χ4v) is 4.26. The third-order valence-corrected chi connectivity index (χ3v) is 5.67. The molecule has 0 atom stereocenters. The molecule has 4 heteroatoms. The molecule has 1 aliphatic carbocycles. The van der Waals surface area contributed by atoms with Crippen LogP contribution in [0.3, 0.4) is 0 Å². The maximum absolute atomic E-state index is 13.2. The smallest absolute Gasteiger partial charge is 0.258 e. The molecule has 0 bridgehead atoms. The fraction of sp³-hybridized carbons (Fsp3) is 0.429. The van der Waals surface area contributed by atoms with Crippen LogP contribution in [-0.2, 0) is 6.42 Å². The highest BCUT2D eigenvalue weighted by Crippen LogP contribution is 2.35. The van der Waals surface area contributed by atoms with Crippen molar-refractivity contribution in [1.82, 2.24) is 9.88 Å². The molecule has 2 aliphatic rings. The number of fused-ring (bicyclic) bond motifs is 1. The molecule has 4 rings (SSSR count). The van der Waals surface area contributed by atoms with Gasteiger partial charge in [0, 0.05) is 24.3 Å². The molecule has 2 heterocycles. The number of nitrogens with two attached hydrogens (primary N) is 1. The van der Waals surface area contributed by atoms with Gasteiger partial charge in [-0.3, -0.25) is 4.79 Å². The Bertz CT molecular complexity index is 792. The van der Waals surface area contributed by atoms with Crippen molar-refractivity contribution in [2.45, 2.75) is 51.5 Å². The van der Waals surface area contributed by atoms with E-state index in [4.69, 9.17) is 5.73 Å². The van der Waals surface area contributed by atoms with Crippen molar-refractivity contribution in [3.63, 3.8) is 0 Å². The number of rotatable bonds is 2. The Morgan fingerprint density at radius 3 is 2.56 bits per heavy atom. The normalized spacial score (nSPS) is 18.3. The highest BCUT2D eigenvalue weighted by atomic mass is 16.2. The van der Waals surface area contributed by atoms with E-state index >= 15 is 0 Å². The van der Waals surface area contributed by atoms with Crippen molar-refractivity contribution in [3.05, 3.63) is 47.2 Å². The van der Waals surface area contributed by atoms with E-state index in [9.17, 15) is 4.79 Å². The van der Waals surface area contributed by atoms with Crippen LogP contribution in [0.1, 0.15) is 53.6 Å². The van der Waals surface area contributed by atoms with Crippen molar-refractivity contribution < 1.29 is 4.79 Å². The molecule has 1 fully saturated rings. The second kappa shape index (κ2) is 6.51.